The quantitative estimate of drug-likeness (QED) is 0.816. The Balaban J connectivity index is 2.78. The molecule has 0 aromatic heterocycles. The minimum atomic E-state index is 0.185. The predicted molar refractivity (Wildman–Crippen MR) is 69.8 cm³/mol. The van der Waals surface area contributed by atoms with Gasteiger partial charge < -0.3 is 5.73 Å². The SMILES string of the molecule is CC(N)Cc1ccc(SC(C)C)c(Cl)c1. The first kappa shape index (κ1) is 12.9. The summed E-state index contributed by atoms with van der Waals surface area (Å²) >= 11 is 7.98. The lowest BCUT2D eigenvalue weighted by Gasteiger charge is -2.10. The summed E-state index contributed by atoms with van der Waals surface area (Å²) < 4.78 is 0. The van der Waals surface area contributed by atoms with Gasteiger partial charge in [0.2, 0.25) is 0 Å². The van der Waals surface area contributed by atoms with Gasteiger partial charge in [-0.25, -0.2) is 0 Å². The maximum absolute atomic E-state index is 6.20. The molecular weight excluding hydrogens is 226 g/mol. The fourth-order valence-electron chi connectivity index (χ4n) is 1.39. The number of hydrogen-bond donors (Lipinski definition) is 1. The first-order chi connectivity index (χ1) is 6.99. The van der Waals surface area contributed by atoms with Crippen LogP contribution in [0.25, 0.3) is 0 Å². The summed E-state index contributed by atoms with van der Waals surface area (Å²) in [5.41, 5.74) is 6.96. The predicted octanol–water partition coefficient (Wildman–Crippen LogP) is 3.73. The monoisotopic (exact) mass is 243 g/mol. The molecule has 0 aliphatic carbocycles. The molecule has 1 atom stereocenters. The van der Waals surface area contributed by atoms with Crippen LogP contribution in [-0.2, 0) is 6.42 Å². The highest BCUT2D eigenvalue weighted by Crippen LogP contribution is 2.30. The Morgan fingerprint density at radius 2 is 2.00 bits per heavy atom. The van der Waals surface area contributed by atoms with Gasteiger partial charge in [0, 0.05) is 16.2 Å². The molecule has 2 N–H and O–H groups in total. The molecule has 84 valence electrons. The maximum atomic E-state index is 6.20. The van der Waals surface area contributed by atoms with Gasteiger partial charge in [-0.05, 0) is 31.0 Å². The van der Waals surface area contributed by atoms with Crippen LogP contribution in [0, 0.1) is 0 Å². The van der Waals surface area contributed by atoms with E-state index in [0.29, 0.717) is 5.25 Å². The minimum absolute atomic E-state index is 0.185. The first-order valence-corrected chi connectivity index (χ1v) is 6.45. The molecule has 0 aliphatic rings. The van der Waals surface area contributed by atoms with Crippen molar-refractivity contribution in [2.24, 2.45) is 5.73 Å². The van der Waals surface area contributed by atoms with Crippen LogP contribution in [0.2, 0.25) is 5.02 Å². The normalized spacial score (nSPS) is 13.2. The second kappa shape index (κ2) is 5.78. The van der Waals surface area contributed by atoms with Crippen LogP contribution in [-0.4, -0.2) is 11.3 Å². The van der Waals surface area contributed by atoms with Crippen LogP contribution in [0.5, 0.6) is 0 Å². The summed E-state index contributed by atoms with van der Waals surface area (Å²) in [7, 11) is 0. The third-order valence-corrected chi connectivity index (χ3v) is 3.42. The zero-order valence-corrected chi connectivity index (χ0v) is 11.0. The fraction of sp³-hybridized carbons (Fsp3) is 0.500. The number of nitrogens with two attached hydrogens (primary N) is 1. The molecule has 0 spiro atoms. The van der Waals surface area contributed by atoms with E-state index in [4.69, 9.17) is 17.3 Å². The molecule has 1 unspecified atom stereocenters. The van der Waals surface area contributed by atoms with Gasteiger partial charge in [0.25, 0.3) is 0 Å². The minimum Gasteiger partial charge on any atom is -0.328 e. The molecule has 1 aromatic carbocycles. The summed E-state index contributed by atoms with van der Waals surface area (Å²) in [4.78, 5) is 1.15. The van der Waals surface area contributed by atoms with Gasteiger partial charge in [0.05, 0.1) is 5.02 Å². The van der Waals surface area contributed by atoms with E-state index in [1.807, 2.05) is 13.0 Å². The highest BCUT2D eigenvalue weighted by atomic mass is 35.5. The zero-order valence-electron chi connectivity index (χ0n) is 9.46. The van der Waals surface area contributed by atoms with Gasteiger partial charge in [0.15, 0.2) is 0 Å². The molecule has 3 heteroatoms. The lowest BCUT2D eigenvalue weighted by atomic mass is 10.1. The first-order valence-electron chi connectivity index (χ1n) is 5.19. The zero-order chi connectivity index (χ0) is 11.4. The highest BCUT2D eigenvalue weighted by molar-refractivity contribution is 8.00. The Bertz CT molecular complexity index is 323. The van der Waals surface area contributed by atoms with Crippen LogP contribution < -0.4 is 5.73 Å². The average molecular weight is 244 g/mol. The van der Waals surface area contributed by atoms with E-state index in [0.717, 1.165) is 16.3 Å². The van der Waals surface area contributed by atoms with Crippen molar-refractivity contribution in [3.63, 3.8) is 0 Å². The second-order valence-corrected chi connectivity index (χ2v) is 6.14. The molecule has 0 aliphatic heterocycles. The van der Waals surface area contributed by atoms with Crippen molar-refractivity contribution in [3.05, 3.63) is 28.8 Å². The van der Waals surface area contributed by atoms with Crippen LogP contribution in [0.4, 0.5) is 0 Å². The Kier molecular flexibility index (Phi) is 4.97. The van der Waals surface area contributed by atoms with Crippen LogP contribution in [0.1, 0.15) is 26.3 Å². The van der Waals surface area contributed by atoms with Crippen molar-refractivity contribution >= 4 is 23.4 Å². The molecule has 0 saturated heterocycles. The van der Waals surface area contributed by atoms with Crippen molar-refractivity contribution in [2.75, 3.05) is 0 Å². The molecule has 0 saturated carbocycles. The Morgan fingerprint density at radius 1 is 1.33 bits per heavy atom. The molecule has 0 fully saturated rings. The molecule has 1 rings (SSSR count). The van der Waals surface area contributed by atoms with E-state index in [1.54, 1.807) is 11.8 Å². The molecular formula is C12H18ClNS. The molecule has 1 aromatic rings. The van der Waals surface area contributed by atoms with Crippen LogP contribution in [0.3, 0.4) is 0 Å². The van der Waals surface area contributed by atoms with Crippen molar-refractivity contribution in [1.82, 2.24) is 0 Å². The number of halogens is 1. The Morgan fingerprint density at radius 3 is 2.47 bits per heavy atom. The average Bonchev–Trinajstić information content (AvgIpc) is 2.08. The van der Waals surface area contributed by atoms with Crippen LogP contribution in [0.15, 0.2) is 23.1 Å². The van der Waals surface area contributed by atoms with E-state index < -0.39 is 0 Å². The standard InChI is InChI=1S/C12H18ClNS/c1-8(2)15-12-5-4-10(6-9(3)14)7-11(12)13/h4-5,7-9H,6,14H2,1-3H3. The molecule has 0 amide bonds. The fourth-order valence-corrected chi connectivity index (χ4v) is 2.56. The van der Waals surface area contributed by atoms with Crippen LogP contribution >= 0.6 is 23.4 Å². The molecule has 0 heterocycles. The summed E-state index contributed by atoms with van der Waals surface area (Å²) in [6.07, 6.45) is 0.881. The lowest BCUT2D eigenvalue weighted by Crippen LogP contribution is -2.17. The van der Waals surface area contributed by atoms with Crippen molar-refractivity contribution < 1.29 is 0 Å². The highest BCUT2D eigenvalue weighted by Gasteiger charge is 2.05. The van der Waals surface area contributed by atoms with E-state index in [-0.39, 0.29) is 6.04 Å². The van der Waals surface area contributed by atoms with Crippen molar-refractivity contribution in [3.8, 4) is 0 Å². The Hall–Kier alpha value is -0.180. The van der Waals surface area contributed by atoms with Gasteiger partial charge in [0.1, 0.15) is 0 Å². The van der Waals surface area contributed by atoms with E-state index in [1.165, 1.54) is 5.56 Å². The number of rotatable bonds is 4. The number of benzene rings is 1. The van der Waals surface area contributed by atoms with E-state index in [9.17, 15) is 0 Å². The topological polar surface area (TPSA) is 26.0 Å². The van der Waals surface area contributed by atoms with Crippen molar-refractivity contribution in [2.45, 2.75) is 43.4 Å². The summed E-state index contributed by atoms with van der Waals surface area (Å²) in [5.74, 6) is 0. The summed E-state index contributed by atoms with van der Waals surface area (Å²) in [6.45, 7) is 6.33. The van der Waals surface area contributed by atoms with E-state index >= 15 is 0 Å². The third kappa shape index (κ3) is 4.45. The molecule has 0 bridgehead atoms. The number of hydrogen-bond acceptors (Lipinski definition) is 2. The molecule has 15 heavy (non-hydrogen) atoms. The maximum Gasteiger partial charge on any atom is 0.0544 e. The van der Waals surface area contributed by atoms with Crippen molar-refractivity contribution in [1.29, 1.82) is 0 Å². The van der Waals surface area contributed by atoms with Gasteiger partial charge in [-0.2, -0.15) is 0 Å². The van der Waals surface area contributed by atoms with Gasteiger partial charge >= 0.3 is 0 Å². The molecule has 0 radical (unpaired) electrons. The van der Waals surface area contributed by atoms with Gasteiger partial charge in [-0.15, -0.1) is 11.8 Å². The Labute approximate surface area is 101 Å². The third-order valence-electron chi connectivity index (χ3n) is 1.92. The number of thioether (sulfide) groups is 1. The van der Waals surface area contributed by atoms with Gasteiger partial charge in [-0.3, -0.25) is 0 Å². The summed E-state index contributed by atoms with van der Waals surface area (Å²) in [6, 6.07) is 6.41. The lowest BCUT2D eigenvalue weighted by molar-refractivity contribution is 0.737. The smallest absolute Gasteiger partial charge is 0.0544 e. The summed E-state index contributed by atoms with van der Waals surface area (Å²) in [5, 5.41) is 1.40. The molecule has 1 nitrogen and oxygen atoms in total. The largest absolute Gasteiger partial charge is 0.328 e. The second-order valence-electron chi connectivity index (χ2n) is 4.11. The van der Waals surface area contributed by atoms with Gasteiger partial charge in [-0.1, -0.05) is 31.5 Å². The van der Waals surface area contributed by atoms with E-state index in [2.05, 4.69) is 26.0 Å².